The molecule has 3 atom stereocenters. The minimum atomic E-state index is -0.809. The molecule has 1 fully saturated rings. The van der Waals surface area contributed by atoms with Crippen LogP contribution in [0.2, 0.25) is 0 Å². The van der Waals surface area contributed by atoms with Gasteiger partial charge in [0.2, 0.25) is 0 Å². The Balaban J connectivity index is 2.51. The number of carbonyl (C=O) groups is 1. The quantitative estimate of drug-likeness (QED) is 0.647. The Bertz CT molecular complexity index is 432. The summed E-state index contributed by atoms with van der Waals surface area (Å²) in [5, 5.41) is 9.03. The molecule has 0 N–H and O–H groups in total. The van der Waals surface area contributed by atoms with E-state index in [1.54, 1.807) is 6.08 Å². The molecule has 1 saturated carbocycles. The molecule has 3 heteroatoms. The van der Waals surface area contributed by atoms with Crippen LogP contribution in [0.15, 0.2) is 11.6 Å². The maximum Gasteiger partial charge on any atom is 0.178 e. The van der Waals surface area contributed by atoms with E-state index in [4.69, 9.17) is 5.26 Å². The van der Waals surface area contributed by atoms with Crippen molar-refractivity contribution in [3.8, 4) is 6.07 Å². The first-order valence-corrected chi connectivity index (χ1v) is 6.13. The highest BCUT2D eigenvalue weighted by Gasteiger charge is 2.53. The van der Waals surface area contributed by atoms with E-state index in [0.29, 0.717) is 12.8 Å². The predicted octanol–water partition coefficient (Wildman–Crippen LogP) is 3.19. The van der Waals surface area contributed by atoms with Crippen LogP contribution in [0.5, 0.6) is 0 Å². The lowest BCUT2D eigenvalue weighted by Crippen LogP contribution is -2.49. The highest BCUT2D eigenvalue weighted by Crippen LogP contribution is 2.55. The van der Waals surface area contributed by atoms with Gasteiger partial charge in [-0.1, -0.05) is 26.8 Å². The number of halogens is 1. The third kappa shape index (κ3) is 1.71. The number of allylic oxidation sites excluding steroid dienone is 2. The fraction of sp³-hybridized carbons (Fsp3) is 0.714. The van der Waals surface area contributed by atoms with Crippen molar-refractivity contribution in [3.05, 3.63) is 11.6 Å². The van der Waals surface area contributed by atoms with Gasteiger partial charge in [0.05, 0.1) is 5.57 Å². The molecule has 17 heavy (non-hydrogen) atoms. The molecule has 0 amide bonds. The molecule has 92 valence electrons. The van der Waals surface area contributed by atoms with E-state index in [2.05, 4.69) is 0 Å². The molecule has 2 nitrogen and oxygen atoms in total. The summed E-state index contributed by atoms with van der Waals surface area (Å²) in [6, 6.07) is 1.97. The van der Waals surface area contributed by atoms with E-state index < -0.39 is 11.6 Å². The second kappa shape index (κ2) is 3.66. The molecule has 0 unspecified atom stereocenters. The lowest BCUT2D eigenvalue weighted by molar-refractivity contribution is -0.131. The molecular weight excluding hydrogens is 217 g/mol. The Kier molecular flexibility index (Phi) is 2.65. The van der Waals surface area contributed by atoms with Crippen LogP contribution in [-0.4, -0.2) is 12.0 Å². The van der Waals surface area contributed by atoms with Crippen LogP contribution in [0, 0.1) is 28.1 Å². The minimum absolute atomic E-state index is 0.0835. The molecule has 2 aliphatic rings. The maximum absolute atomic E-state index is 13.6. The molecule has 2 aliphatic carbocycles. The van der Waals surface area contributed by atoms with Crippen molar-refractivity contribution in [1.29, 1.82) is 5.26 Å². The van der Waals surface area contributed by atoms with Gasteiger partial charge in [-0.2, -0.15) is 5.26 Å². The van der Waals surface area contributed by atoms with E-state index >= 15 is 0 Å². The van der Waals surface area contributed by atoms with Gasteiger partial charge in [-0.15, -0.1) is 0 Å². The summed E-state index contributed by atoms with van der Waals surface area (Å²) in [5.41, 5.74) is -0.683. The number of hydrogen-bond donors (Lipinski definition) is 0. The summed E-state index contributed by atoms with van der Waals surface area (Å²) in [5.74, 6) is 0.0615. The summed E-state index contributed by atoms with van der Waals surface area (Å²) < 4.78 is 13.6. The number of hydrogen-bond acceptors (Lipinski definition) is 2. The molecule has 0 saturated heterocycles. The zero-order valence-corrected chi connectivity index (χ0v) is 10.6. The lowest BCUT2D eigenvalue weighted by atomic mass is 9.52. The Labute approximate surface area is 102 Å². The fourth-order valence-corrected chi connectivity index (χ4v) is 3.73. The number of alkyl halides is 1. The third-order valence-electron chi connectivity index (χ3n) is 4.52. The van der Waals surface area contributed by atoms with Crippen molar-refractivity contribution in [3.63, 3.8) is 0 Å². The van der Waals surface area contributed by atoms with Gasteiger partial charge in [-0.05, 0) is 30.6 Å². The zero-order chi connectivity index (χ0) is 12.8. The van der Waals surface area contributed by atoms with E-state index in [-0.39, 0.29) is 22.7 Å². The maximum atomic E-state index is 13.6. The number of fused-ring (bicyclic) bond motifs is 1. The van der Waals surface area contributed by atoms with Crippen LogP contribution in [0.25, 0.3) is 0 Å². The van der Waals surface area contributed by atoms with E-state index in [1.807, 2.05) is 26.8 Å². The molecule has 0 radical (unpaired) electrons. The van der Waals surface area contributed by atoms with Crippen LogP contribution in [0.1, 0.15) is 40.0 Å². The number of rotatable bonds is 0. The SMILES string of the molecule is CC1(C)C(=O)C(C#N)=C[C@]2(C)C[C@H](F)CC[C@H]12. The number of ketones is 1. The van der Waals surface area contributed by atoms with Crippen LogP contribution < -0.4 is 0 Å². The Morgan fingerprint density at radius 2 is 2.06 bits per heavy atom. The second-order valence-corrected chi connectivity index (χ2v) is 6.16. The molecule has 0 bridgehead atoms. The minimum Gasteiger partial charge on any atom is -0.293 e. The van der Waals surface area contributed by atoms with Crippen molar-refractivity contribution in [2.75, 3.05) is 0 Å². The number of nitrogens with zero attached hydrogens (tertiary/aromatic N) is 1. The average molecular weight is 235 g/mol. The topological polar surface area (TPSA) is 40.9 Å². The predicted molar refractivity (Wildman–Crippen MR) is 62.8 cm³/mol. The lowest BCUT2D eigenvalue weighted by Gasteiger charge is -2.50. The summed E-state index contributed by atoms with van der Waals surface area (Å²) in [6.07, 6.45) is 2.60. The van der Waals surface area contributed by atoms with Crippen molar-refractivity contribution in [2.24, 2.45) is 16.7 Å². The fourth-order valence-electron chi connectivity index (χ4n) is 3.73. The van der Waals surface area contributed by atoms with Crippen LogP contribution in [0.3, 0.4) is 0 Å². The van der Waals surface area contributed by atoms with Gasteiger partial charge in [-0.25, -0.2) is 4.39 Å². The van der Waals surface area contributed by atoms with Gasteiger partial charge < -0.3 is 0 Å². The van der Waals surface area contributed by atoms with Crippen molar-refractivity contribution < 1.29 is 9.18 Å². The number of carbonyl (C=O) groups excluding carboxylic acids is 1. The molecule has 2 rings (SSSR count). The molecule has 0 aromatic carbocycles. The van der Waals surface area contributed by atoms with E-state index in [9.17, 15) is 9.18 Å². The van der Waals surface area contributed by atoms with Crippen LogP contribution in [0.4, 0.5) is 4.39 Å². The standard InChI is InChI=1S/C14H18FNO/c1-13(2)11-5-4-10(15)7-14(11,3)6-9(8-16)12(13)17/h6,10-11H,4-5,7H2,1-3H3/t10-,11-,14-/m1/s1. The van der Waals surface area contributed by atoms with Crippen molar-refractivity contribution in [1.82, 2.24) is 0 Å². The Morgan fingerprint density at radius 3 is 2.65 bits per heavy atom. The summed E-state index contributed by atoms with van der Waals surface area (Å²) in [7, 11) is 0. The van der Waals surface area contributed by atoms with Gasteiger partial charge in [0, 0.05) is 5.41 Å². The smallest absolute Gasteiger partial charge is 0.178 e. The van der Waals surface area contributed by atoms with Gasteiger partial charge in [0.1, 0.15) is 12.2 Å². The molecule has 0 spiro atoms. The monoisotopic (exact) mass is 235 g/mol. The first-order valence-electron chi connectivity index (χ1n) is 6.13. The first-order chi connectivity index (χ1) is 7.81. The first kappa shape index (κ1) is 12.3. The average Bonchev–Trinajstić information content (AvgIpc) is 2.23. The van der Waals surface area contributed by atoms with Gasteiger partial charge in [-0.3, -0.25) is 4.79 Å². The molecule has 0 heterocycles. The molecular formula is C14H18FNO. The number of Topliss-reactive ketones (excluding diaryl/α,β-unsaturated/α-hetero) is 1. The van der Waals surface area contributed by atoms with Crippen molar-refractivity contribution in [2.45, 2.75) is 46.2 Å². The third-order valence-corrected chi connectivity index (χ3v) is 4.52. The normalized spacial score (nSPS) is 40.2. The van der Waals surface area contributed by atoms with Crippen LogP contribution in [-0.2, 0) is 4.79 Å². The summed E-state index contributed by atoms with van der Waals surface area (Å²) in [6.45, 7) is 5.76. The molecule has 0 aromatic rings. The van der Waals surface area contributed by atoms with Gasteiger partial charge in [0.25, 0.3) is 0 Å². The Morgan fingerprint density at radius 1 is 1.41 bits per heavy atom. The van der Waals surface area contributed by atoms with Crippen LogP contribution >= 0.6 is 0 Å². The zero-order valence-electron chi connectivity index (χ0n) is 10.6. The summed E-state index contributed by atoms with van der Waals surface area (Å²) >= 11 is 0. The number of nitriles is 1. The molecule has 0 aliphatic heterocycles. The highest BCUT2D eigenvalue weighted by atomic mass is 19.1. The van der Waals surface area contributed by atoms with Crippen molar-refractivity contribution >= 4 is 5.78 Å². The Hall–Kier alpha value is -1.17. The van der Waals surface area contributed by atoms with Gasteiger partial charge >= 0.3 is 0 Å². The summed E-state index contributed by atoms with van der Waals surface area (Å²) in [4.78, 5) is 12.2. The van der Waals surface area contributed by atoms with Gasteiger partial charge in [0.15, 0.2) is 5.78 Å². The largest absolute Gasteiger partial charge is 0.293 e. The van der Waals surface area contributed by atoms with E-state index in [0.717, 1.165) is 6.42 Å². The van der Waals surface area contributed by atoms with E-state index in [1.165, 1.54) is 0 Å². The molecule has 0 aromatic heterocycles. The highest BCUT2D eigenvalue weighted by molar-refractivity contribution is 6.04. The second-order valence-electron chi connectivity index (χ2n) is 6.16.